The van der Waals surface area contributed by atoms with Crippen molar-refractivity contribution in [2.45, 2.75) is 32.1 Å². The highest BCUT2D eigenvalue weighted by molar-refractivity contribution is 7.09. The Balaban J connectivity index is 0.00000180. The van der Waals surface area contributed by atoms with Gasteiger partial charge in [-0.3, -0.25) is 4.79 Å². The van der Waals surface area contributed by atoms with E-state index in [-0.39, 0.29) is 30.7 Å². The van der Waals surface area contributed by atoms with E-state index < -0.39 is 0 Å². The fourth-order valence-corrected chi connectivity index (χ4v) is 2.90. The molecule has 0 aliphatic carbocycles. The zero-order valence-electron chi connectivity index (χ0n) is 11.5. The second-order valence-electron chi connectivity index (χ2n) is 4.76. The summed E-state index contributed by atoms with van der Waals surface area (Å²) in [7, 11) is 0. The first-order chi connectivity index (χ1) is 8.84. The Bertz CT molecular complexity index is 357. The second kappa shape index (κ2) is 11.3. The Labute approximate surface area is 137 Å². The fraction of sp³-hybridized carbons (Fsp3) is 0.692. The predicted molar refractivity (Wildman–Crippen MR) is 88.2 cm³/mol. The van der Waals surface area contributed by atoms with Crippen LogP contribution >= 0.6 is 36.2 Å². The van der Waals surface area contributed by atoms with E-state index in [1.807, 2.05) is 5.38 Å². The van der Waals surface area contributed by atoms with Gasteiger partial charge >= 0.3 is 0 Å². The van der Waals surface area contributed by atoms with E-state index in [1.165, 1.54) is 12.8 Å². The van der Waals surface area contributed by atoms with Gasteiger partial charge in [0.15, 0.2) is 0 Å². The molecule has 2 heterocycles. The van der Waals surface area contributed by atoms with Gasteiger partial charge in [0.05, 0.1) is 5.01 Å². The lowest BCUT2D eigenvalue weighted by Gasteiger charge is -2.22. The van der Waals surface area contributed by atoms with Crippen LogP contribution in [0.25, 0.3) is 0 Å². The van der Waals surface area contributed by atoms with Crippen LogP contribution in [0.2, 0.25) is 0 Å². The number of carbonyl (C=O) groups is 1. The quantitative estimate of drug-likeness (QED) is 0.836. The molecule has 1 aliphatic heterocycles. The first-order valence-corrected chi connectivity index (χ1v) is 7.58. The van der Waals surface area contributed by atoms with Crippen LogP contribution in [0.15, 0.2) is 11.6 Å². The van der Waals surface area contributed by atoms with Crippen molar-refractivity contribution in [3.05, 3.63) is 16.6 Å². The number of thiazole rings is 1. The molecular formula is C13H23Cl2N3OS. The minimum Gasteiger partial charge on any atom is -0.356 e. The van der Waals surface area contributed by atoms with E-state index in [1.54, 1.807) is 17.5 Å². The highest BCUT2D eigenvalue weighted by Gasteiger charge is 2.14. The van der Waals surface area contributed by atoms with Gasteiger partial charge in [-0.25, -0.2) is 4.98 Å². The van der Waals surface area contributed by atoms with Gasteiger partial charge in [0.2, 0.25) is 5.91 Å². The third-order valence-electron chi connectivity index (χ3n) is 3.38. The van der Waals surface area contributed by atoms with Gasteiger partial charge < -0.3 is 10.6 Å². The molecule has 2 rings (SSSR count). The minimum absolute atomic E-state index is 0. The number of halogens is 2. The van der Waals surface area contributed by atoms with Crippen LogP contribution in [0.4, 0.5) is 0 Å². The molecule has 0 aromatic carbocycles. The number of nitrogens with one attached hydrogen (secondary N) is 2. The molecule has 1 aromatic rings. The summed E-state index contributed by atoms with van der Waals surface area (Å²) in [5, 5.41) is 9.38. The molecule has 2 N–H and O–H groups in total. The Morgan fingerprint density at radius 1 is 1.40 bits per heavy atom. The zero-order valence-corrected chi connectivity index (χ0v) is 13.9. The minimum atomic E-state index is 0. The first-order valence-electron chi connectivity index (χ1n) is 6.70. The monoisotopic (exact) mass is 339 g/mol. The number of carbonyl (C=O) groups excluding carboxylic acids is 1. The van der Waals surface area contributed by atoms with Crippen molar-refractivity contribution in [3.8, 4) is 0 Å². The lowest BCUT2D eigenvalue weighted by atomic mass is 9.93. The number of nitrogens with zero attached hydrogens (tertiary/aromatic N) is 1. The van der Waals surface area contributed by atoms with E-state index >= 15 is 0 Å². The number of aromatic nitrogens is 1. The number of hydrogen-bond acceptors (Lipinski definition) is 4. The molecule has 7 heteroatoms. The molecule has 0 saturated carbocycles. The SMILES string of the molecule is Cl.Cl.O=C(CCC1CCNCC1)NCCc1nccs1. The van der Waals surface area contributed by atoms with E-state index in [4.69, 9.17) is 0 Å². The Morgan fingerprint density at radius 3 is 2.80 bits per heavy atom. The van der Waals surface area contributed by atoms with Gasteiger partial charge in [0.25, 0.3) is 0 Å². The number of amides is 1. The van der Waals surface area contributed by atoms with Crippen molar-refractivity contribution < 1.29 is 4.79 Å². The first kappa shape index (κ1) is 19.6. The van der Waals surface area contributed by atoms with Crippen molar-refractivity contribution in [1.29, 1.82) is 0 Å². The van der Waals surface area contributed by atoms with Gasteiger partial charge in [0.1, 0.15) is 0 Å². The summed E-state index contributed by atoms with van der Waals surface area (Å²) in [6, 6.07) is 0. The molecule has 0 atom stereocenters. The summed E-state index contributed by atoms with van der Waals surface area (Å²) in [5.41, 5.74) is 0. The maximum Gasteiger partial charge on any atom is 0.220 e. The number of hydrogen-bond donors (Lipinski definition) is 2. The van der Waals surface area contributed by atoms with Gasteiger partial charge in [-0.05, 0) is 38.3 Å². The molecular weight excluding hydrogens is 317 g/mol. The molecule has 0 radical (unpaired) electrons. The van der Waals surface area contributed by atoms with Crippen molar-refractivity contribution in [1.82, 2.24) is 15.6 Å². The van der Waals surface area contributed by atoms with E-state index in [9.17, 15) is 4.79 Å². The van der Waals surface area contributed by atoms with Crippen molar-refractivity contribution >= 4 is 42.1 Å². The molecule has 1 aliphatic rings. The molecule has 0 unspecified atom stereocenters. The molecule has 116 valence electrons. The molecule has 0 bridgehead atoms. The van der Waals surface area contributed by atoms with E-state index in [0.717, 1.165) is 36.9 Å². The smallest absolute Gasteiger partial charge is 0.220 e. The second-order valence-corrected chi connectivity index (χ2v) is 5.74. The third kappa shape index (κ3) is 7.43. The fourth-order valence-electron chi connectivity index (χ4n) is 2.28. The Morgan fingerprint density at radius 2 is 2.15 bits per heavy atom. The molecule has 1 aromatic heterocycles. The summed E-state index contributed by atoms with van der Waals surface area (Å²) < 4.78 is 0. The maximum atomic E-state index is 11.7. The summed E-state index contributed by atoms with van der Waals surface area (Å²) in [5.74, 6) is 0.918. The van der Waals surface area contributed by atoms with E-state index in [0.29, 0.717) is 13.0 Å². The molecule has 0 spiro atoms. The highest BCUT2D eigenvalue weighted by Crippen LogP contribution is 2.17. The van der Waals surface area contributed by atoms with Gasteiger partial charge in [-0.15, -0.1) is 36.2 Å². The summed E-state index contributed by atoms with van der Waals surface area (Å²) >= 11 is 1.64. The van der Waals surface area contributed by atoms with E-state index in [2.05, 4.69) is 15.6 Å². The highest BCUT2D eigenvalue weighted by atomic mass is 35.5. The molecule has 1 fully saturated rings. The largest absolute Gasteiger partial charge is 0.356 e. The molecule has 20 heavy (non-hydrogen) atoms. The van der Waals surface area contributed by atoms with Crippen LogP contribution in [-0.2, 0) is 11.2 Å². The van der Waals surface area contributed by atoms with Gasteiger partial charge in [-0.2, -0.15) is 0 Å². The van der Waals surface area contributed by atoms with Crippen LogP contribution in [0.3, 0.4) is 0 Å². The Kier molecular flexibility index (Phi) is 11.1. The Hall–Kier alpha value is -0.360. The zero-order chi connectivity index (χ0) is 12.6. The van der Waals surface area contributed by atoms with Gasteiger partial charge in [0, 0.05) is 31.0 Å². The topological polar surface area (TPSA) is 54.0 Å². The van der Waals surface area contributed by atoms with Crippen LogP contribution in [-0.4, -0.2) is 30.5 Å². The summed E-state index contributed by atoms with van der Waals surface area (Å²) in [4.78, 5) is 15.9. The summed E-state index contributed by atoms with van der Waals surface area (Å²) in [6.45, 7) is 2.92. The van der Waals surface area contributed by atoms with Crippen molar-refractivity contribution in [2.24, 2.45) is 5.92 Å². The van der Waals surface area contributed by atoms with Gasteiger partial charge in [-0.1, -0.05) is 0 Å². The average Bonchev–Trinajstić information content (AvgIpc) is 2.91. The lowest BCUT2D eigenvalue weighted by Crippen LogP contribution is -2.30. The summed E-state index contributed by atoms with van der Waals surface area (Å²) in [6.07, 6.45) is 6.78. The van der Waals surface area contributed by atoms with Crippen LogP contribution < -0.4 is 10.6 Å². The normalized spacial score (nSPS) is 15.0. The van der Waals surface area contributed by atoms with Crippen LogP contribution in [0, 0.1) is 5.92 Å². The lowest BCUT2D eigenvalue weighted by molar-refractivity contribution is -0.121. The molecule has 4 nitrogen and oxygen atoms in total. The standard InChI is InChI=1S/C13H21N3OS.2ClH/c17-12(2-1-11-3-6-14-7-4-11)15-8-5-13-16-9-10-18-13;;/h9-11,14H,1-8H2,(H,15,17);2*1H. The van der Waals surface area contributed by atoms with Crippen molar-refractivity contribution in [3.63, 3.8) is 0 Å². The molecule has 1 saturated heterocycles. The number of piperidine rings is 1. The number of rotatable bonds is 6. The average molecular weight is 340 g/mol. The third-order valence-corrected chi connectivity index (χ3v) is 4.22. The maximum absolute atomic E-state index is 11.7. The predicted octanol–water partition coefficient (Wildman–Crippen LogP) is 2.43. The van der Waals surface area contributed by atoms with Crippen LogP contribution in [0.5, 0.6) is 0 Å². The molecule has 1 amide bonds. The van der Waals surface area contributed by atoms with Crippen LogP contribution in [0.1, 0.15) is 30.7 Å². The van der Waals surface area contributed by atoms with Crippen molar-refractivity contribution in [2.75, 3.05) is 19.6 Å².